The maximum absolute atomic E-state index is 13.6. The van der Waals surface area contributed by atoms with E-state index in [2.05, 4.69) is 21.2 Å². The molecule has 0 radical (unpaired) electrons. The van der Waals surface area contributed by atoms with Crippen molar-refractivity contribution in [1.29, 1.82) is 0 Å². The number of phenols is 1. The van der Waals surface area contributed by atoms with E-state index in [-0.39, 0.29) is 17.6 Å². The summed E-state index contributed by atoms with van der Waals surface area (Å²) in [5, 5.41) is 13.1. The standard InChI is InChI=1S/C15H15BrFNO/c1-2-13(11-9-10(16)7-8-15(11)19)18-14-6-4-3-5-12(14)17/h3-9,13,18-19H,2H2,1H3. The summed E-state index contributed by atoms with van der Waals surface area (Å²) >= 11 is 3.38. The number of anilines is 1. The van der Waals surface area contributed by atoms with Gasteiger partial charge in [-0.2, -0.15) is 0 Å². The first kappa shape index (κ1) is 13.9. The fourth-order valence-electron chi connectivity index (χ4n) is 1.97. The third-order valence-electron chi connectivity index (χ3n) is 2.98. The maximum atomic E-state index is 13.6. The van der Waals surface area contributed by atoms with Gasteiger partial charge in [-0.1, -0.05) is 35.0 Å². The summed E-state index contributed by atoms with van der Waals surface area (Å²) in [4.78, 5) is 0. The lowest BCUT2D eigenvalue weighted by atomic mass is 10.0. The molecule has 0 heterocycles. The van der Waals surface area contributed by atoms with Crippen LogP contribution in [0, 0.1) is 5.82 Å². The van der Waals surface area contributed by atoms with Gasteiger partial charge in [-0.15, -0.1) is 0 Å². The number of para-hydroxylation sites is 1. The lowest BCUT2D eigenvalue weighted by molar-refractivity contribution is 0.462. The third-order valence-corrected chi connectivity index (χ3v) is 3.47. The van der Waals surface area contributed by atoms with Crippen LogP contribution < -0.4 is 5.32 Å². The van der Waals surface area contributed by atoms with Crippen molar-refractivity contribution in [2.75, 3.05) is 5.32 Å². The van der Waals surface area contributed by atoms with E-state index < -0.39 is 0 Å². The third kappa shape index (κ3) is 3.26. The molecule has 0 saturated heterocycles. The molecule has 100 valence electrons. The molecular formula is C15H15BrFNO. The molecule has 0 fully saturated rings. The highest BCUT2D eigenvalue weighted by Gasteiger charge is 2.15. The van der Waals surface area contributed by atoms with Crippen LogP contribution >= 0.6 is 15.9 Å². The number of aromatic hydroxyl groups is 1. The number of hydrogen-bond donors (Lipinski definition) is 2. The Hall–Kier alpha value is -1.55. The van der Waals surface area contributed by atoms with Crippen molar-refractivity contribution >= 4 is 21.6 Å². The summed E-state index contributed by atoms with van der Waals surface area (Å²) in [6.45, 7) is 1.98. The van der Waals surface area contributed by atoms with E-state index in [1.165, 1.54) is 6.07 Å². The highest BCUT2D eigenvalue weighted by Crippen LogP contribution is 2.32. The summed E-state index contributed by atoms with van der Waals surface area (Å²) in [7, 11) is 0. The van der Waals surface area contributed by atoms with Gasteiger partial charge in [0.05, 0.1) is 11.7 Å². The lowest BCUT2D eigenvalue weighted by Gasteiger charge is -2.20. The summed E-state index contributed by atoms with van der Waals surface area (Å²) < 4.78 is 14.5. The van der Waals surface area contributed by atoms with Crippen LogP contribution in [0.1, 0.15) is 24.9 Å². The molecule has 0 aliphatic carbocycles. The second-order valence-corrected chi connectivity index (χ2v) is 5.20. The van der Waals surface area contributed by atoms with Crippen molar-refractivity contribution < 1.29 is 9.50 Å². The lowest BCUT2D eigenvalue weighted by Crippen LogP contribution is -2.11. The van der Waals surface area contributed by atoms with Crippen LogP contribution in [0.25, 0.3) is 0 Å². The SMILES string of the molecule is CCC(Nc1ccccc1F)c1cc(Br)ccc1O. The Balaban J connectivity index is 2.30. The number of phenolic OH excluding ortho intramolecular Hbond substituents is 1. The smallest absolute Gasteiger partial charge is 0.146 e. The number of nitrogens with one attached hydrogen (secondary N) is 1. The van der Waals surface area contributed by atoms with Crippen LogP contribution in [0.15, 0.2) is 46.9 Å². The monoisotopic (exact) mass is 323 g/mol. The Morgan fingerprint density at radius 3 is 2.68 bits per heavy atom. The van der Waals surface area contributed by atoms with E-state index in [1.54, 1.807) is 30.3 Å². The molecule has 0 bridgehead atoms. The predicted octanol–water partition coefficient (Wildman–Crippen LogP) is 4.86. The van der Waals surface area contributed by atoms with Gasteiger partial charge >= 0.3 is 0 Å². The molecule has 2 rings (SSSR count). The van der Waals surface area contributed by atoms with Gasteiger partial charge in [0.15, 0.2) is 0 Å². The molecule has 0 aliphatic heterocycles. The quantitative estimate of drug-likeness (QED) is 0.842. The fraction of sp³-hybridized carbons (Fsp3) is 0.200. The van der Waals surface area contributed by atoms with Crippen LogP contribution in [-0.2, 0) is 0 Å². The molecule has 1 unspecified atom stereocenters. The van der Waals surface area contributed by atoms with Crippen LogP contribution in [0.4, 0.5) is 10.1 Å². The maximum Gasteiger partial charge on any atom is 0.146 e. The van der Waals surface area contributed by atoms with Gasteiger partial charge in [0.1, 0.15) is 11.6 Å². The number of benzene rings is 2. The first-order valence-electron chi connectivity index (χ1n) is 6.11. The zero-order chi connectivity index (χ0) is 13.8. The zero-order valence-electron chi connectivity index (χ0n) is 10.5. The molecule has 2 nitrogen and oxygen atoms in total. The average Bonchev–Trinajstić information content (AvgIpc) is 2.41. The van der Waals surface area contributed by atoms with Gasteiger partial charge in [0.2, 0.25) is 0 Å². The molecule has 0 aromatic heterocycles. The van der Waals surface area contributed by atoms with Crippen molar-refractivity contribution in [1.82, 2.24) is 0 Å². The number of hydrogen-bond acceptors (Lipinski definition) is 2. The van der Waals surface area contributed by atoms with Crippen molar-refractivity contribution in [3.05, 3.63) is 58.3 Å². The van der Waals surface area contributed by atoms with Gasteiger partial charge in [-0.25, -0.2) is 4.39 Å². The van der Waals surface area contributed by atoms with Gasteiger partial charge in [-0.05, 0) is 36.8 Å². The highest BCUT2D eigenvalue weighted by atomic mass is 79.9. The van der Waals surface area contributed by atoms with Gasteiger partial charge < -0.3 is 10.4 Å². The minimum Gasteiger partial charge on any atom is -0.508 e. The largest absolute Gasteiger partial charge is 0.508 e. The van der Waals surface area contributed by atoms with E-state index in [9.17, 15) is 9.50 Å². The Kier molecular flexibility index (Phi) is 4.43. The van der Waals surface area contributed by atoms with Gasteiger partial charge in [0, 0.05) is 10.0 Å². The molecule has 0 spiro atoms. The van der Waals surface area contributed by atoms with Crippen LogP contribution in [0.3, 0.4) is 0 Å². The highest BCUT2D eigenvalue weighted by molar-refractivity contribution is 9.10. The Bertz CT molecular complexity index is 574. The van der Waals surface area contributed by atoms with Crippen molar-refractivity contribution in [3.8, 4) is 5.75 Å². The second kappa shape index (κ2) is 6.06. The van der Waals surface area contributed by atoms with E-state index >= 15 is 0 Å². The van der Waals surface area contributed by atoms with Gasteiger partial charge in [-0.3, -0.25) is 0 Å². The summed E-state index contributed by atoms with van der Waals surface area (Å²) in [6, 6.07) is 11.6. The van der Waals surface area contributed by atoms with Crippen LogP contribution in [0.5, 0.6) is 5.75 Å². The normalized spacial score (nSPS) is 12.2. The molecule has 0 amide bonds. The molecule has 2 aromatic rings. The topological polar surface area (TPSA) is 32.3 Å². The first-order valence-corrected chi connectivity index (χ1v) is 6.90. The Labute approximate surface area is 120 Å². The summed E-state index contributed by atoms with van der Waals surface area (Å²) in [6.07, 6.45) is 0.734. The molecule has 0 aliphatic rings. The molecule has 19 heavy (non-hydrogen) atoms. The van der Waals surface area contributed by atoms with E-state index in [4.69, 9.17) is 0 Å². The molecule has 1 atom stereocenters. The molecule has 2 N–H and O–H groups in total. The molecule has 2 aromatic carbocycles. The van der Waals surface area contributed by atoms with Crippen molar-refractivity contribution in [2.45, 2.75) is 19.4 Å². The molecular weight excluding hydrogens is 309 g/mol. The number of halogens is 2. The van der Waals surface area contributed by atoms with E-state index in [0.29, 0.717) is 5.69 Å². The average molecular weight is 324 g/mol. The Morgan fingerprint density at radius 1 is 1.26 bits per heavy atom. The van der Waals surface area contributed by atoms with Crippen LogP contribution in [0.2, 0.25) is 0 Å². The van der Waals surface area contributed by atoms with Gasteiger partial charge in [0.25, 0.3) is 0 Å². The van der Waals surface area contributed by atoms with E-state index in [1.807, 2.05) is 13.0 Å². The Morgan fingerprint density at radius 2 is 2.00 bits per heavy atom. The van der Waals surface area contributed by atoms with Crippen LogP contribution in [-0.4, -0.2) is 5.11 Å². The first-order chi connectivity index (χ1) is 9.11. The minimum absolute atomic E-state index is 0.144. The molecule has 0 saturated carbocycles. The summed E-state index contributed by atoms with van der Waals surface area (Å²) in [5.74, 6) is -0.0886. The van der Waals surface area contributed by atoms with Crippen molar-refractivity contribution in [3.63, 3.8) is 0 Å². The second-order valence-electron chi connectivity index (χ2n) is 4.29. The zero-order valence-corrected chi connectivity index (χ0v) is 12.1. The number of rotatable bonds is 4. The fourth-order valence-corrected chi connectivity index (χ4v) is 2.35. The predicted molar refractivity (Wildman–Crippen MR) is 78.9 cm³/mol. The summed E-state index contributed by atoms with van der Waals surface area (Å²) in [5.41, 5.74) is 1.19. The molecule has 4 heteroatoms. The minimum atomic E-state index is -0.296. The van der Waals surface area contributed by atoms with E-state index in [0.717, 1.165) is 16.5 Å². The van der Waals surface area contributed by atoms with Crippen molar-refractivity contribution in [2.24, 2.45) is 0 Å².